The average Bonchev–Trinajstić information content (AvgIpc) is 2.30. The summed E-state index contributed by atoms with van der Waals surface area (Å²) in [6, 6.07) is 8.71. The summed E-state index contributed by atoms with van der Waals surface area (Å²) in [5, 5.41) is 0. The standard InChI is InChI=1S/C13H21NOS/c1-11(14(2)8-9-16)10-12-6-4-5-7-13(12)15-3/h4-7,11,16H,8-10H2,1-3H3. The number of thiol groups is 1. The molecule has 0 fully saturated rings. The van der Waals surface area contributed by atoms with Gasteiger partial charge < -0.3 is 9.64 Å². The smallest absolute Gasteiger partial charge is 0.122 e. The summed E-state index contributed by atoms with van der Waals surface area (Å²) < 4.78 is 5.35. The maximum absolute atomic E-state index is 5.35. The molecular weight excluding hydrogens is 218 g/mol. The maximum Gasteiger partial charge on any atom is 0.122 e. The zero-order chi connectivity index (χ0) is 12.0. The minimum atomic E-state index is 0.503. The van der Waals surface area contributed by atoms with Gasteiger partial charge in [-0.05, 0) is 32.0 Å². The van der Waals surface area contributed by atoms with Crippen molar-refractivity contribution in [1.82, 2.24) is 4.90 Å². The van der Waals surface area contributed by atoms with E-state index in [2.05, 4.69) is 43.6 Å². The van der Waals surface area contributed by atoms with Crippen molar-refractivity contribution in [1.29, 1.82) is 0 Å². The molecule has 90 valence electrons. The Morgan fingerprint density at radius 2 is 2.06 bits per heavy atom. The van der Waals surface area contributed by atoms with Gasteiger partial charge in [0.15, 0.2) is 0 Å². The first-order valence-electron chi connectivity index (χ1n) is 5.62. The van der Waals surface area contributed by atoms with Crippen molar-refractivity contribution < 1.29 is 4.74 Å². The van der Waals surface area contributed by atoms with Gasteiger partial charge in [-0.25, -0.2) is 0 Å². The Bertz CT molecular complexity index is 317. The van der Waals surface area contributed by atoms with E-state index in [0.717, 1.165) is 24.5 Å². The zero-order valence-corrected chi connectivity index (χ0v) is 11.2. The molecule has 0 radical (unpaired) electrons. The molecule has 0 heterocycles. The lowest BCUT2D eigenvalue weighted by molar-refractivity contribution is 0.270. The first-order chi connectivity index (χ1) is 7.69. The molecule has 1 rings (SSSR count). The van der Waals surface area contributed by atoms with E-state index in [1.807, 2.05) is 12.1 Å². The molecule has 1 atom stereocenters. The van der Waals surface area contributed by atoms with Crippen LogP contribution in [0.5, 0.6) is 5.75 Å². The Labute approximate surface area is 104 Å². The van der Waals surface area contributed by atoms with Crippen LogP contribution in [0.1, 0.15) is 12.5 Å². The third kappa shape index (κ3) is 3.72. The Balaban J connectivity index is 2.64. The molecule has 0 spiro atoms. The SMILES string of the molecule is COc1ccccc1CC(C)N(C)CCS. The van der Waals surface area contributed by atoms with E-state index in [1.165, 1.54) is 5.56 Å². The normalized spacial score (nSPS) is 12.8. The minimum absolute atomic E-state index is 0.503. The summed E-state index contributed by atoms with van der Waals surface area (Å²) in [6.45, 7) is 3.25. The van der Waals surface area contributed by atoms with Crippen molar-refractivity contribution in [2.45, 2.75) is 19.4 Å². The quantitative estimate of drug-likeness (QED) is 0.766. The molecule has 0 saturated carbocycles. The maximum atomic E-state index is 5.35. The molecular formula is C13H21NOS. The highest BCUT2D eigenvalue weighted by molar-refractivity contribution is 7.80. The van der Waals surface area contributed by atoms with Gasteiger partial charge in [0.2, 0.25) is 0 Å². The number of likely N-dealkylation sites (N-methyl/N-ethyl adjacent to an activating group) is 1. The van der Waals surface area contributed by atoms with E-state index < -0.39 is 0 Å². The molecule has 0 aliphatic carbocycles. The van der Waals surface area contributed by atoms with Crippen LogP contribution in [0.4, 0.5) is 0 Å². The van der Waals surface area contributed by atoms with Gasteiger partial charge in [-0.3, -0.25) is 0 Å². The fourth-order valence-corrected chi connectivity index (χ4v) is 2.04. The molecule has 0 aliphatic rings. The molecule has 1 unspecified atom stereocenters. The summed E-state index contributed by atoms with van der Waals surface area (Å²) in [4.78, 5) is 2.32. The summed E-state index contributed by atoms with van der Waals surface area (Å²) in [5.74, 6) is 1.88. The van der Waals surface area contributed by atoms with Crippen molar-refractivity contribution in [3.05, 3.63) is 29.8 Å². The molecule has 0 amide bonds. The lowest BCUT2D eigenvalue weighted by atomic mass is 10.1. The molecule has 0 bridgehead atoms. The molecule has 2 nitrogen and oxygen atoms in total. The fraction of sp³-hybridized carbons (Fsp3) is 0.538. The molecule has 0 aliphatic heterocycles. The number of rotatable bonds is 6. The Morgan fingerprint density at radius 3 is 2.69 bits per heavy atom. The van der Waals surface area contributed by atoms with Crippen LogP contribution in [0.3, 0.4) is 0 Å². The van der Waals surface area contributed by atoms with Gasteiger partial charge in [-0.15, -0.1) is 0 Å². The van der Waals surface area contributed by atoms with E-state index in [1.54, 1.807) is 7.11 Å². The fourth-order valence-electron chi connectivity index (χ4n) is 1.72. The first-order valence-corrected chi connectivity index (χ1v) is 6.25. The van der Waals surface area contributed by atoms with Gasteiger partial charge >= 0.3 is 0 Å². The summed E-state index contributed by atoms with van der Waals surface area (Å²) >= 11 is 4.25. The number of nitrogens with zero attached hydrogens (tertiary/aromatic N) is 1. The van der Waals surface area contributed by atoms with Gasteiger partial charge in [0.05, 0.1) is 7.11 Å². The van der Waals surface area contributed by atoms with Crippen molar-refractivity contribution in [2.24, 2.45) is 0 Å². The largest absolute Gasteiger partial charge is 0.496 e. The second kappa shape index (κ2) is 6.81. The van der Waals surface area contributed by atoms with Crippen LogP contribution in [-0.4, -0.2) is 37.4 Å². The first kappa shape index (κ1) is 13.4. The number of methoxy groups -OCH3 is 1. The second-order valence-corrected chi connectivity index (χ2v) is 4.52. The average molecular weight is 239 g/mol. The molecule has 16 heavy (non-hydrogen) atoms. The van der Waals surface area contributed by atoms with Crippen LogP contribution < -0.4 is 4.74 Å². The Kier molecular flexibility index (Phi) is 5.71. The van der Waals surface area contributed by atoms with Crippen molar-refractivity contribution in [3.8, 4) is 5.75 Å². The van der Waals surface area contributed by atoms with E-state index >= 15 is 0 Å². The van der Waals surface area contributed by atoms with Crippen molar-refractivity contribution in [2.75, 3.05) is 26.5 Å². The second-order valence-electron chi connectivity index (χ2n) is 4.07. The van der Waals surface area contributed by atoms with Gasteiger partial charge in [-0.2, -0.15) is 12.6 Å². The molecule has 0 N–H and O–H groups in total. The summed E-state index contributed by atoms with van der Waals surface area (Å²) in [5.41, 5.74) is 1.27. The van der Waals surface area contributed by atoms with Crippen LogP contribution >= 0.6 is 12.6 Å². The molecule has 0 aromatic heterocycles. The predicted octanol–water partition coefficient (Wildman–Crippen LogP) is 2.49. The number of para-hydroxylation sites is 1. The molecule has 1 aromatic rings. The molecule has 1 aromatic carbocycles. The van der Waals surface area contributed by atoms with E-state index in [4.69, 9.17) is 4.74 Å². The van der Waals surface area contributed by atoms with E-state index in [-0.39, 0.29) is 0 Å². The third-order valence-electron chi connectivity index (χ3n) is 2.91. The van der Waals surface area contributed by atoms with Crippen LogP contribution in [0.2, 0.25) is 0 Å². The summed E-state index contributed by atoms with van der Waals surface area (Å²) in [6.07, 6.45) is 1.01. The highest BCUT2D eigenvalue weighted by Crippen LogP contribution is 2.20. The van der Waals surface area contributed by atoms with Crippen molar-refractivity contribution >= 4 is 12.6 Å². The van der Waals surface area contributed by atoms with Gasteiger partial charge in [0, 0.05) is 18.3 Å². The number of hydrogen-bond acceptors (Lipinski definition) is 3. The van der Waals surface area contributed by atoms with Gasteiger partial charge in [0.25, 0.3) is 0 Å². The van der Waals surface area contributed by atoms with Crippen LogP contribution in [0.15, 0.2) is 24.3 Å². The molecule has 3 heteroatoms. The van der Waals surface area contributed by atoms with Crippen LogP contribution in [0, 0.1) is 0 Å². The lowest BCUT2D eigenvalue weighted by Gasteiger charge is -2.24. The number of benzene rings is 1. The third-order valence-corrected chi connectivity index (χ3v) is 3.11. The highest BCUT2D eigenvalue weighted by Gasteiger charge is 2.11. The van der Waals surface area contributed by atoms with Gasteiger partial charge in [-0.1, -0.05) is 18.2 Å². The number of hydrogen-bond donors (Lipinski definition) is 1. The van der Waals surface area contributed by atoms with E-state index in [0.29, 0.717) is 6.04 Å². The van der Waals surface area contributed by atoms with Gasteiger partial charge in [0.1, 0.15) is 5.75 Å². The van der Waals surface area contributed by atoms with Crippen LogP contribution in [-0.2, 0) is 6.42 Å². The Morgan fingerprint density at radius 1 is 1.38 bits per heavy atom. The van der Waals surface area contributed by atoms with Crippen molar-refractivity contribution in [3.63, 3.8) is 0 Å². The topological polar surface area (TPSA) is 12.5 Å². The Hall–Kier alpha value is -0.670. The predicted molar refractivity (Wildman–Crippen MR) is 72.6 cm³/mol. The summed E-state index contributed by atoms with van der Waals surface area (Å²) in [7, 11) is 3.86. The minimum Gasteiger partial charge on any atom is -0.496 e. The highest BCUT2D eigenvalue weighted by atomic mass is 32.1. The monoisotopic (exact) mass is 239 g/mol. The van der Waals surface area contributed by atoms with Crippen LogP contribution in [0.25, 0.3) is 0 Å². The molecule has 0 saturated heterocycles. The zero-order valence-electron chi connectivity index (χ0n) is 10.3. The lowest BCUT2D eigenvalue weighted by Crippen LogP contribution is -2.32. The number of ether oxygens (including phenoxy) is 1. The van der Waals surface area contributed by atoms with E-state index in [9.17, 15) is 0 Å².